The molecule has 1 N–H and O–H groups in total. The van der Waals surface area contributed by atoms with Gasteiger partial charge in [0.25, 0.3) is 0 Å². The fraction of sp³-hybridized carbons (Fsp3) is 0.571. The fourth-order valence-corrected chi connectivity index (χ4v) is 1.77. The second-order valence-electron chi connectivity index (χ2n) is 4.59. The summed E-state index contributed by atoms with van der Waals surface area (Å²) in [6.45, 7) is 6.14. The molecule has 0 aliphatic carbocycles. The van der Waals surface area contributed by atoms with Crippen molar-refractivity contribution in [1.29, 1.82) is 0 Å². The molecule has 0 aliphatic rings. The summed E-state index contributed by atoms with van der Waals surface area (Å²) in [4.78, 5) is 2.01. The number of ether oxygens (including phenoxy) is 1. The summed E-state index contributed by atoms with van der Waals surface area (Å²) in [5.41, 5.74) is 0.871. The second kappa shape index (κ2) is 7.34. The summed E-state index contributed by atoms with van der Waals surface area (Å²) >= 11 is 0. The van der Waals surface area contributed by atoms with Crippen LogP contribution in [0.15, 0.2) is 18.2 Å². The van der Waals surface area contributed by atoms with Crippen molar-refractivity contribution in [2.24, 2.45) is 0 Å². The zero-order valence-corrected chi connectivity index (χ0v) is 11.7. The molecule has 18 heavy (non-hydrogen) atoms. The van der Waals surface area contributed by atoms with Gasteiger partial charge in [0.05, 0.1) is 0 Å². The normalized spacial score (nSPS) is 12.8. The fourth-order valence-electron chi connectivity index (χ4n) is 1.77. The quantitative estimate of drug-likeness (QED) is 0.809. The Morgan fingerprint density at radius 1 is 1.39 bits per heavy atom. The van der Waals surface area contributed by atoms with Crippen molar-refractivity contribution in [3.8, 4) is 5.75 Å². The molecule has 1 aromatic carbocycles. The van der Waals surface area contributed by atoms with Crippen molar-refractivity contribution in [3.63, 3.8) is 0 Å². The van der Waals surface area contributed by atoms with Crippen LogP contribution in [-0.4, -0.2) is 38.7 Å². The Labute approximate surface area is 109 Å². The van der Waals surface area contributed by atoms with E-state index in [0.717, 1.165) is 18.7 Å². The zero-order valence-electron chi connectivity index (χ0n) is 11.7. The highest BCUT2D eigenvalue weighted by atomic mass is 19.1. The summed E-state index contributed by atoms with van der Waals surface area (Å²) in [7, 11) is 3.93. The first-order chi connectivity index (χ1) is 8.56. The van der Waals surface area contributed by atoms with Gasteiger partial charge in [-0.2, -0.15) is 0 Å². The van der Waals surface area contributed by atoms with Gasteiger partial charge in [-0.05, 0) is 33.6 Å². The molecular formula is C14H23FN2O. The summed E-state index contributed by atoms with van der Waals surface area (Å²) in [6, 6.07) is 5.14. The van der Waals surface area contributed by atoms with Crippen LogP contribution < -0.4 is 10.1 Å². The van der Waals surface area contributed by atoms with E-state index in [1.807, 2.05) is 38.9 Å². The Balaban J connectivity index is 2.80. The molecule has 1 aromatic rings. The van der Waals surface area contributed by atoms with Crippen molar-refractivity contribution >= 4 is 0 Å². The monoisotopic (exact) mass is 254 g/mol. The first kappa shape index (κ1) is 14.9. The van der Waals surface area contributed by atoms with E-state index < -0.39 is 0 Å². The molecule has 0 bridgehead atoms. The van der Waals surface area contributed by atoms with Gasteiger partial charge in [-0.25, -0.2) is 4.39 Å². The van der Waals surface area contributed by atoms with E-state index in [9.17, 15) is 4.39 Å². The van der Waals surface area contributed by atoms with Crippen LogP contribution in [0.4, 0.5) is 4.39 Å². The van der Waals surface area contributed by atoms with Gasteiger partial charge in [-0.3, -0.25) is 0 Å². The molecule has 0 amide bonds. The first-order valence-corrected chi connectivity index (χ1v) is 6.35. The van der Waals surface area contributed by atoms with Crippen LogP contribution >= 0.6 is 0 Å². The molecule has 0 fully saturated rings. The molecule has 1 atom stereocenters. The van der Waals surface area contributed by atoms with Gasteiger partial charge in [-0.1, -0.05) is 19.1 Å². The Bertz CT molecular complexity index is 369. The minimum Gasteiger partial charge on any atom is -0.489 e. The highest BCUT2D eigenvalue weighted by molar-refractivity contribution is 5.37. The van der Waals surface area contributed by atoms with Gasteiger partial charge in [0.1, 0.15) is 6.61 Å². The van der Waals surface area contributed by atoms with Gasteiger partial charge < -0.3 is 15.0 Å². The van der Waals surface area contributed by atoms with Crippen LogP contribution in [0.3, 0.4) is 0 Å². The smallest absolute Gasteiger partial charge is 0.165 e. The largest absolute Gasteiger partial charge is 0.489 e. The summed E-state index contributed by atoms with van der Waals surface area (Å²) < 4.78 is 19.4. The number of para-hydroxylation sites is 1. The predicted molar refractivity (Wildman–Crippen MR) is 72.5 cm³/mol. The van der Waals surface area contributed by atoms with E-state index in [1.165, 1.54) is 6.07 Å². The predicted octanol–water partition coefficient (Wildman–Crippen LogP) is 2.44. The third-order valence-electron chi connectivity index (χ3n) is 2.76. The Morgan fingerprint density at radius 2 is 2.11 bits per heavy atom. The van der Waals surface area contributed by atoms with Crippen LogP contribution in [0.25, 0.3) is 0 Å². The lowest BCUT2D eigenvalue weighted by Crippen LogP contribution is -2.22. The number of nitrogens with one attached hydrogen (secondary N) is 1. The minimum atomic E-state index is -0.295. The molecule has 0 aromatic heterocycles. The zero-order chi connectivity index (χ0) is 13.5. The van der Waals surface area contributed by atoms with Crippen LogP contribution in [0.2, 0.25) is 0 Å². The number of benzene rings is 1. The van der Waals surface area contributed by atoms with Crippen LogP contribution in [0, 0.1) is 5.82 Å². The summed E-state index contributed by atoms with van der Waals surface area (Å²) in [5, 5.41) is 3.27. The van der Waals surface area contributed by atoms with E-state index in [1.54, 1.807) is 6.07 Å². The number of likely N-dealkylation sites (N-methyl/N-ethyl adjacent to an activating group) is 1. The van der Waals surface area contributed by atoms with Crippen molar-refractivity contribution in [2.75, 3.05) is 33.8 Å². The molecule has 102 valence electrons. The highest BCUT2D eigenvalue weighted by Gasteiger charge is 2.14. The maximum absolute atomic E-state index is 13.8. The average Bonchev–Trinajstić information content (AvgIpc) is 2.31. The Kier molecular flexibility index (Phi) is 6.09. The van der Waals surface area contributed by atoms with Gasteiger partial charge in [0.15, 0.2) is 11.6 Å². The standard InChI is InChI=1S/C14H23FN2O/c1-5-16-11(2)12-7-6-8-13(15)14(12)18-10-9-17(3)4/h6-8,11,16H,5,9-10H2,1-4H3. The van der Waals surface area contributed by atoms with Gasteiger partial charge in [0, 0.05) is 18.2 Å². The van der Waals surface area contributed by atoms with Gasteiger partial charge in [0.2, 0.25) is 0 Å². The Morgan fingerprint density at radius 3 is 2.72 bits per heavy atom. The van der Waals surface area contributed by atoms with Crippen molar-refractivity contribution in [3.05, 3.63) is 29.6 Å². The molecule has 0 heterocycles. The van der Waals surface area contributed by atoms with E-state index in [4.69, 9.17) is 4.74 Å². The third-order valence-corrected chi connectivity index (χ3v) is 2.76. The lowest BCUT2D eigenvalue weighted by molar-refractivity contribution is 0.248. The van der Waals surface area contributed by atoms with Gasteiger partial charge >= 0.3 is 0 Å². The molecule has 0 radical (unpaired) electrons. The number of halogens is 1. The SMILES string of the molecule is CCNC(C)c1cccc(F)c1OCCN(C)C. The van der Waals surface area contributed by atoms with Gasteiger partial charge in [-0.15, -0.1) is 0 Å². The molecule has 0 saturated heterocycles. The second-order valence-corrected chi connectivity index (χ2v) is 4.59. The van der Waals surface area contributed by atoms with Crippen molar-refractivity contribution in [2.45, 2.75) is 19.9 Å². The van der Waals surface area contributed by atoms with Crippen LogP contribution in [0.5, 0.6) is 5.75 Å². The lowest BCUT2D eigenvalue weighted by Gasteiger charge is -2.19. The van der Waals surface area contributed by atoms with E-state index in [0.29, 0.717) is 12.4 Å². The Hall–Kier alpha value is -1.13. The maximum atomic E-state index is 13.8. The molecule has 0 saturated carbocycles. The highest BCUT2D eigenvalue weighted by Crippen LogP contribution is 2.28. The molecule has 1 rings (SSSR count). The summed E-state index contributed by atoms with van der Waals surface area (Å²) in [6.07, 6.45) is 0. The molecule has 0 spiro atoms. The number of rotatable bonds is 7. The minimum absolute atomic E-state index is 0.0834. The van der Waals surface area contributed by atoms with Crippen molar-refractivity contribution < 1.29 is 9.13 Å². The molecule has 3 nitrogen and oxygen atoms in total. The lowest BCUT2D eigenvalue weighted by atomic mass is 10.1. The number of nitrogens with zero attached hydrogens (tertiary/aromatic N) is 1. The van der Waals surface area contributed by atoms with E-state index in [-0.39, 0.29) is 11.9 Å². The molecule has 4 heteroatoms. The average molecular weight is 254 g/mol. The van der Waals surface area contributed by atoms with E-state index in [2.05, 4.69) is 5.32 Å². The maximum Gasteiger partial charge on any atom is 0.165 e. The number of hydrogen-bond acceptors (Lipinski definition) is 3. The van der Waals surface area contributed by atoms with Crippen LogP contribution in [0.1, 0.15) is 25.5 Å². The number of hydrogen-bond donors (Lipinski definition) is 1. The molecule has 1 unspecified atom stereocenters. The summed E-state index contributed by atoms with van der Waals surface area (Å²) in [5.74, 6) is 0.0730. The van der Waals surface area contributed by atoms with E-state index >= 15 is 0 Å². The topological polar surface area (TPSA) is 24.5 Å². The first-order valence-electron chi connectivity index (χ1n) is 6.35. The molecular weight excluding hydrogens is 231 g/mol. The molecule has 0 aliphatic heterocycles. The van der Waals surface area contributed by atoms with Crippen molar-refractivity contribution in [1.82, 2.24) is 10.2 Å². The third kappa shape index (κ3) is 4.27. The van der Waals surface area contributed by atoms with Crippen LogP contribution in [-0.2, 0) is 0 Å².